The number of aromatic nitrogens is 1. The van der Waals surface area contributed by atoms with Gasteiger partial charge in [0.15, 0.2) is 0 Å². The van der Waals surface area contributed by atoms with Gasteiger partial charge in [0.2, 0.25) is 0 Å². The number of rotatable bonds is 5. The van der Waals surface area contributed by atoms with Crippen molar-refractivity contribution in [1.82, 2.24) is 4.98 Å². The van der Waals surface area contributed by atoms with Crippen LogP contribution in [0.2, 0.25) is 0 Å². The van der Waals surface area contributed by atoms with Crippen LogP contribution in [0, 0.1) is 11.3 Å². The standard InChI is InChI=1S/C15H26N2O/c1-11(10-15(2,3)4)9-12(16)14-13(18-5)7-6-8-17-14/h6-8,11-12H,9-10,16H2,1-5H3. The van der Waals surface area contributed by atoms with Crippen molar-refractivity contribution in [3.05, 3.63) is 24.0 Å². The lowest BCUT2D eigenvalue weighted by atomic mass is 9.82. The first-order chi connectivity index (χ1) is 8.33. The van der Waals surface area contributed by atoms with E-state index in [2.05, 4.69) is 32.7 Å². The number of nitrogens with two attached hydrogens (primary N) is 1. The monoisotopic (exact) mass is 250 g/mol. The predicted molar refractivity (Wildman–Crippen MR) is 75.6 cm³/mol. The van der Waals surface area contributed by atoms with Crippen LogP contribution < -0.4 is 10.5 Å². The van der Waals surface area contributed by atoms with Crippen LogP contribution in [0.3, 0.4) is 0 Å². The van der Waals surface area contributed by atoms with Crippen molar-refractivity contribution in [2.75, 3.05) is 7.11 Å². The molecule has 0 radical (unpaired) electrons. The molecule has 3 heteroatoms. The summed E-state index contributed by atoms with van der Waals surface area (Å²) >= 11 is 0. The molecule has 1 aromatic rings. The molecule has 2 atom stereocenters. The molecule has 0 saturated carbocycles. The third kappa shape index (κ3) is 4.65. The van der Waals surface area contributed by atoms with Gasteiger partial charge in [0.05, 0.1) is 18.8 Å². The van der Waals surface area contributed by atoms with Crippen molar-refractivity contribution in [2.45, 2.75) is 46.6 Å². The molecule has 0 aromatic carbocycles. The Kier molecular flexibility index (Phi) is 5.15. The zero-order chi connectivity index (χ0) is 13.8. The molecule has 0 amide bonds. The van der Waals surface area contributed by atoms with Crippen LogP contribution in [0.1, 0.15) is 52.3 Å². The molecule has 2 unspecified atom stereocenters. The summed E-state index contributed by atoms with van der Waals surface area (Å²) in [6.07, 6.45) is 3.87. The second kappa shape index (κ2) is 6.19. The van der Waals surface area contributed by atoms with Crippen molar-refractivity contribution < 1.29 is 4.74 Å². The summed E-state index contributed by atoms with van der Waals surface area (Å²) in [5.41, 5.74) is 7.45. The number of ether oxygens (including phenoxy) is 1. The van der Waals surface area contributed by atoms with Crippen molar-refractivity contribution >= 4 is 0 Å². The minimum absolute atomic E-state index is 0.0569. The zero-order valence-electron chi connectivity index (χ0n) is 12.2. The second-order valence-corrected chi connectivity index (χ2v) is 6.30. The lowest BCUT2D eigenvalue weighted by Gasteiger charge is -2.25. The quantitative estimate of drug-likeness (QED) is 0.869. The molecule has 0 bridgehead atoms. The highest BCUT2D eigenvalue weighted by atomic mass is 16.5. The lowest BCUT2D eigenvalue weighted by Crippen LogP contribution is -2.19. The van der Waals surface area contributed by atoms with E-state index in [4.69, 9.17) is 10.5 Å². The van der Waals surface area contributed by atoms with E-state index in [1.165, 1.54) is 0 Å². The van der Waals surface area contributed by atoms with Gasteiger partial charge in [0.1, 0.15) is 5.75 Å². The van der Waals surface area contributed by atoms with Crippen molar-refractivity contribution in [2.24, 2.45) is 17.1 Å². The predicted octanol–water partition coefficient (Wildman–Crippen LogP) is 3.55. The Morgan fingerprint density at radius 1 is 1.39 bits per heavy atom. The van der Waals surface area contributed by atoms with Gasteiger partial charge < -0.3 is 10.5 Å². The number of pyridine rings is 1. The van der Waals surface area contributed by atoms with Crippen molar-refractivity contribution in [3.8, 4) is 5.75 Å². The Morgan fingerprint density at radius 2 is 2.06 bits per heavy atom. The van der Waals surface area contributed by atoms with Gasteiger partial charge in [-0.1, -0.05) is 27.7 Å². The molecule has 1 heterocycles. The maximum atomic E-state index is 6.25. The van der Waals surface area contributed by atoms with Crippen molar-refractivity contribution in [3.63, 3.8) is 0 Å². The van der Waals surface area contributed by atoms with E-state index in [1.807, 2.05) is 12.1 Å². The summed E-state index contributed by atoms with van der Waals surface area (Å²) in [7, 11) is 1.66. The highest BCUT2D eigenvalue weighted by Gasteiger charge is 2.20. The maximum Gasteiger partial charge on any atom is 0.141 e. The Hall–Kier alpha value is -1.09. The van der Waals surface area contributed by atoms with Gasteiger partial charge in [-0.25, -0.2) is 0 Å². The normalized spacial score (nSPS) is 15.2. The molecular weight excluding hydrogens is 224 g/mol. The molecule has 3 nitrogen and oxygen atoms in total. The van der Waals surface area contributed by atoms with E-state index in [1.54, 1.807) is 13.3 Å². The summed E-state index contributed by atoms with van der Waals surface area (Å²) in [6.45, 7) is 9.03. The molecule has 18 heavy (non-hydrogen) atoms. The van der Waals surface area contributed by atoms with Crippen LogP contribution in [0.25, 0.3) is 0 Å². The molecule has 0 saturated heterocycles. The van der Waals surface area contributed by atoms with Gasteiger partial charge in [-0.3, -0.25) is 4.98 Å². The fraction of sp³-hybridized carbons (Fsp3) is 0.667. The highest BCUT2D eigenvalue weighted by molar-refractivity contribution is 5.29. The van der Waals surface area contributed by atoms with E-state index in [-0.39, 0.29) is 6.04 Å². The van der Waals surface area contributed by atoms with Crippen LogP contribution in [0.4, 0.5) is 0 Å². The molecule has 0 aliphatic heterocycles. The van der Waals surface area contributed by atoms with E-state index in [0.29, 0.717) is 11.3 Å². The minimum atomic E-state index is -0.0569. The fourth-order valence-electron chi connectivity index (χ4n) is 2.53. The summed E-state index contributed by atoms with van der Waals surface area (Å²) < 4.78 is 5.31. The molecule has 1 aromatic heterocycles. The van der Waals surface area contributed by atoms with Gasteiger partial charge in [-0.2, -0.15) is 0 Å². The van der Waals surface area contributed by atoms with Gasteiger partial charge in [-0.15, -0.1) is 0 Å². The van der Waals surface area contributed by atoms with Gasteiger partial charge in [-0.05, 0) is 36.3 Å². The summed E-state index contributed by atoms with van der Waals surface area (Å²) in [4.78, 5) is 4.35. The van der Waals surface area contributed by atoms with Crippen LogP contribution in [0.5, 0.6) is 5.75 Å². The summed E-state index contributed by atoms with van der Waals surface area (Å²) in [5, 5.41) is 0. The molecule has 102 valence electrons. The van der Waals surface area contributed by atoms with Gasteiger partial charge in [0, 0.05) is 6.20 Å². The van der Waals surface area contributed by atoms with E-state index < -0.39 is 0 Å². The Morgan fingerprint density at radius 3 is 2.61 bits per heavy atom. The van der Waals surface area contributed by atoms with E-state index >= 15 is 0 Å². The fourth-order valence-corrected chi connectivity index (χ4v) is 2.53. The SMILES string of the molecule is COc1cccnc1C(N)CC(C)CC(C)(C)C. The molecule has 0 spiro atoms. The number of methoxy groups -OCH3 is 1. The third-order valence-corrected chi connectivity index (χ3v) is 2.99. The Bertz CT molecular complexity index is 371. The minimum Gasteiger partial charge on any atom is -0.495 e. The number of hydrogen-bond donors (Lipinski definition) is 1. The lowest BCUT2D eigenvalue weighted by molar-refractivity contribution is 0.283. The average molecular weight is 250 g/mol. The highest BCUT2D eigenvalue weighted by Crippen LogP contribution is 2.31. The molecule has 1 rings (SSSR count). The van der Waals surface area contributed by atoms with Crippen LogP contribution in [-0.4, -0.2) is 12.1 Å². The first-order valence-electron chi connectivity index (χ1n) is 6.58. The molecule has 0 aliphatic carbocycles. The first kappa shape index (κ1) is 15.0. The zero-order valence-corrected chi connectivity index (χ0v) is 12.2. The van der Waals surface area contributed by atoms with Crippen LogP contribution >= 0.6 is 0 Å². The molecular formula is C15H26N2O. The molecule has 0 aliphatic rings. The van der Waals surface area contributed by atoms with Crippen molar-refractivity contribution in [1.29, 1.82) is 0 Å². The van der Waals surface area contributed by atoms with E-state index in [9.17, 15) is 0 Å². The van der Waals surface area contributed by atoms with E-state index in [0.717, 1.165) is 24.3 Å². The smallest absolute Gasteiger partial charge is 0.141 e. The van der Waals surface area contributed by atoms with Gasteiger partial charge in [0.25, 0.3) is 0 Å². The van der Waals surface area contributed by atoms with Crippen LogP contribution in [0.15, 0.2) is 18.3 Å². The maximum absolute atomic E-state index is 6.25. The summed E-state index contributed by atoms with van der Waals surface area (Å²) in [5.74, 6) is 1.36. The van der Waals surface area contributed by atoms with Crippen LogP contribution in [-0.2, 0) is 0 Å². The topological polar surface area (TPSA) is 48.1 Å². The molecule has 2 N–H and O–H groups in total. The second-order valence-electron chi connectivity index (χ2n) is 6.30. The third-order valence-electron chi connectivity index (χ3n) is 2.99. The largest absolute Gasteiger partial charge is 0.495 e. The van der Waals surface area contributed by atoms with Gasteiger partial charge >= 0.3 is 0 Å². The Labute approximate surface area is 111 Å². The molecule has 0 fully saturated rings. The first-order valence-corrected chi connectivity index (χ1v) is 6.58. The number of nitrogens with zero attached hydrogens (tertiary/aromatic N) is 1. The number of hydrogen-bond acceptors (Lipinski definition) is 3. The summed E-state index contributed by atoms with van der Waals surface area (Å²) in [6, 6.07) is 3.73. The average Bonchev–Trinajstić information content (AvgIpc) is 2.26. The Balaban J connectivity index is 2.67.